The van der Waals surface area contributed by atoms with Gasteiger partial charge in [0, 0.05) is 48.3 Å². The van der Waals surface area contributed by atoms with E-state index < -0.39 is 24.3 Å². The van der Waals surface area contributed by atoms with Crippen LogP contribution in [0.1, 0.15) is 12.6 Å². The minimum absolute atomic E-state index is 0.324. The van der Waals surface area contributed by atoms with Gasteiger partial charge in [-0.05, 0) is 36.1 Å². The Balaban J connectivity index is 0.000000265. The van der Waals surface area contributed by atoms with E-state index in [1.165, 1.54) is 11.8 Å². The molecule has 2 fully saturated rings. The van der Waals surface area contributed by atoms with Gasteiger partial charge < -0.3 is 25.8 Å². The smallest absolute Gasteiger partial charge is 0.475 e. The average Bonchev–Trinajstić information content (AvgIpc) is 3.26. The van der Waals surface area contributed by atoms with Crippen molar-refractivity contribution in [2.45, 2.75) is 41.8 Å². The third kappa shape index (κ3) is 7.39. The molecule has 2 atom stereocenters. The first-order chi connectivity index (χ1) is 20.5. The lowest BCUT2D eigenvalue weighted by atomic mass is 10.2. The molecule has 12 nitrogen and oxygen atoms in total. The van der Waals surface area contributed by atoms with Crippen LogP contribution in [0.3, 0.4) is 0 Å². The number of aromatic amines is 1. The normalized spacial score (nSPS) is 19.1. The van der Waals surface area contributed by atoms with Crippen molar-refractivity contribution in [3.8, 4) is 0 Å². The SMILES string of the molecule is CCc1[nH]c2nc(Sc3cnc4nccnc4c3)nc(N3CC4C(N)C4C3)c2c1Cl.O=C(O)C(F)(F)F.O=C(O)C(F)(F)F. The number of H-pyrrole nitrogens is 1. The van der Waals surface area contributed by atoms with Gasteiger partial charge >= 0.3 is 24.3 Å². The summed E-state index contributed by atoms with van der Waals surface area (Å²) in [7, 11) is 0. The summed E-state index contributed by atoms with van der Waals surface area (Å²) in [5.41, 5.74) is 9.25. The van der Waals surface area contributed by atoms with Crippen molar-refractivity contribution in [1.82, 2.24) is 29.9 Å². The van der Waals surface area contributed by atoms with Crippen LogP contribution in [0.4, 0.5) is 32.2 Å². The molecule has 1 aliphatic carbocycles. The van der Waals surface area contributed by atoms with Crippen LogP contribution in [0.15, 0.2) is 34.7 Å². The highest BCUT2D eigenvalue weighted by molar-refractivity contribution is 7.99. The fraction of sp³-hybridized carbons (Fsp3) is 0.375. The Bertz CT molecular complexity index is 1670. The highest BCUT2D eigenvalue weighted by Gasteiger charge is 2.54. The summed E-state index contributed by atoms with van der Waals surface area (Å²) in [4.78, 5) is 47.0. The van der Waals surface area contributed by atoms with Crippen molar-refractivity contribution in [3.63, 3.8) is 0 Å². The number of carboxylic acid groups (broad SMARTS) is 2. The zero-order valence-corrected chi connectivity index (χ0v) is 23.8. The minimum Gasteiger partial charge on any atom is -0.475 e. The van der Waals surface area contributed by atoms with E-state index in [9.17, 15) is 26.3 Å². The molecule has 0 radical (unpaired) electrons. The van der Waals surface area contributed by atoms with Gasteiger partial charge in [0.25, 0.3) is 0 Å². The topological polar surface area (TPSA) is 184 Å². The maximum Gasteiger partial charge on any atom is 0.490 e. The number of halogens is 7. The second-order valence-corrected chi connectivity index (χ2v) is 10.8. The lowest BCUT2D eigenvalue weighted by molar-refractivity contribution is -0.193. The Kier molecular flexibility index (Phi) is 9.40. The first kappa shape index (κ1) is 32.9. The Labute approximate surface area is 252 Å². The number of nitrogens with one attached hydrogen (secondary N) is 1. The van der Waals surface area contributed by atoms with Gasteiger partial charge in [-0.3, -0.25) is 4.98 Å². The number of fused-ring (bicyclic) bond motifs is 3. The van der Waals surface area contributed by atoms with Crippen molar-refractivity contribution >= 4 is 63.3 Å². The first-order valence-corrected chi connectivity index (χ1v) is 13.6. The van der Waals surface area contributed by atoms with Gasteiger partial charge in [-0.2, -0.15) is 26.3 Å². The fourth-order valence-electron chi connectivity index (χ4n) is 4.33. The zero-order chi connectivity index (χ0) is 32.6. The number of alkyl halides is 6. The van der Waals surface area contributed by atoms with Crippen LogP contribution in [0.2, 0.25) is 5.02 Å². The number of nitrogens with zero attached hydrogens (tertiary/aromatic N) is 6. The highest BCUT2D eigenvalue weighted by atomic mass is 35.5. The van der Waals surface area contributed by atoms with Crippen molar-refractivity contribution < 1.29 is 46.1 Å². The van der Waals surface area contributed by atoms with E-state index in [-0.39, 0.29) is 0 Å². The monoisotopic (exact) mass is 666 g/mol. The molecule has 44 heavy (non-hydrogen) atoms. The maximum absolute atomic E-state index is 10.6. The lowest BCUT2D eigenvalue weighted by Gasteiger charge is -2.21. The standard InChI is InChI=1S/C20H19ClN8S.2C2HF3O2/c1-2-12-15(21)14-18(26-12)27-20(28-19(14)29-7-10-11(8-29)16(10)22)30-9-5-13-17(25-6-9)24-4-3-23-13;2*3-2(4,5)1(6)7/h3-6,10-11,16H,2,7-8,22H2,1H3,(H,26,27,28);2*(H,6,7). The Morgan fingerprint density at radius 2 is 1.61 bits per heavy atom. The third-order valence-corrected chi connectivity index (χ3v) is 7.77. The number of nitrogens with two attached hydrogens (primary N) is 1. The number of anilines is 1. The number of aryl methyl sites for hydroxylation is 1. The molecular weight excluding hydrogens is 646 g/mol. The predicted octanol–water partition coefficient (Wildman–Crippen LogP) is 4.32. The second kappa shape index (κ2) is 12.6. The molecule has 1 saturated heterocycles. The summed E-state index contributed by atoms with van der Waals surface area (Å²) in [5.74, 6) is -3.52. The molecule has 6 rings (SSSR count). The van der Waals surface area contributed by atoms with Crippen LogP contribution in [-0.4, -0.2) is 83.5 Å². The highest BCUT2D eigenvalue weighted by Crippen LogP contribution is 2.47. The second-order valence-electron chi connectivity index (χ2n) is 9.41. The van der Waals surface area contributed by atoms with Crippen LogP contribution < -0.4 is 10.6 Å². The van der Waals surface area contributed by atoms with Crippen LogP contribution in [0, 0.1) is 11.8 Å². The van der Waals surface area contributed by atoms with Crippen molar-refractivity contribution in [3.05, 3.63) is 35.4 Å². The van der Waals surface area contributed by atoms with Gasteiger partial charge in [-0.1, -0.05) is 18.5 Å². The van der Waals surface area contributed by atoms with E-state index >= 15 is 0 Å². The molecule has 0 bridgehead atoms. The maximum atomic E-state index is 10.6. The van der Waals surface area contributed by atoms with Gasteiger partial charge in [0.05, 0.1) is 10.4 Å². The summed E-state index contributed by atoms with van der Waals surface area (Å²) in [6.07, 6.45) is -4.29. The van der Waals surface area contributed by atoms with E-state index in [1.807, 2.05) is 6.07 Å². The molecule has 1 saturated carbocycles. The van der Waals surface area contributed by atoms with Crippen molar-refractivity contribution in [2.75, 3.05) is 18.0 Å². The van der Waals surface area contributed by atoms with Gasteiger partial charge in [-0.25, -0.2) is 29.5 Å². The van der Waals surface area contributed by atoms with Gasteiger partial charge in [0.2, 0.25) is 0 Å². The number of piperidine rings is 1. The molecular formula is C24H21ClF6N8O4S. The van der Waals surface area contributed by atoms with Crippen molar-refractivity contribution in [2.24, 2.45) is 17.6 Å². The number of carboxylic acids is 2. The number of hydrogen-bond acceptors (Lipinski definition) is 10. The van der Waals surface area contributed by atoms with E-state index in [0.29, 0.717) is 33.7 Å². The fourth-order valence-corrected chi connectivity index (χ4v) is 5.44. The summed E-state index contributed by atoms with van der Waals surface area (Å²) >= 11 is 8.16. The molecule has 5 N–H and O–H groups in total. The number of hydrogen-bond donors (Lipinski definition) is 4. The summed E-state index contributed by atoms with van der Waals surface area (Å²) in [5, 5.41) is 16.5. The summed E-state index contributed by atoms with van der Waals surface area (Å²) in [6.45, 7) is 3.90. The Hall–Kier alpha value is -3.97. The van der Waals surface area contributed by atoms with Crippen LogP contribution in [0.5, 0.6) is 0 Å². The molecule has 236 valence electrons. The molecule has 20 heteroatoms. The summed E-state index contributed by atoms with van der Waals surface area (Å²) < 4.78 is 63.5. The summed E-state index contributed by atoms with van der Waals surface area (Å²) in [6, 6.07) is 2.28. The molecule has 2 aliphatic rings. The lowest BCUT2D eigenvalue weighted by Crippen LogP contribution is -2.29. The molecule has 0 aromatic carbocycles. The molecule has 0 spiro atoms. The molecule has 5 heterocycles. The Morgan fingerprint density at radius 1 is 1.05 bits per heavy atom. The molecule has 4 aromatic heterocycles. The molecule has 1 aliphatic heterocycles. The Morgan fingerprint density at radius 3 is 2.16 bits per heavy atom. The molecule has 4 aromatic rings. The quantitative estimate of drug-likeness (QED) is 0.179. The van der Waals surface area contributed by atoms with Gasteiger partial charge in [-0.15, -0.1) is 0 Å². The van der Waals surface area contributed by atoms with E-state index in [4.69, 9.17) is 47.1 Å². The van der Waals surface area contributed by atoms with Gasteiger partial charge in [0.15, 0.2) is 10.8 Å². The number of aliphatic carboxylic acids is 2. The number of carbonyl (C=O) groups is 2. The van der Waals surface area contributed by atoms with Crippen LogP contribution in [-0.2, 0) is 16.0 Å². The molecule has 2 unspecified atom stereocenters. The van der Waals surface area contributed by atoms with Crippen molar-refractivity contribution in [1.29, 1.82) is 0 Å². The number of pyridine rings is 1. The van der Waals surface area contributed by atoms with Gasteiger partial charge in [0.1, 0.15) is 17.0 Å². The number of aromatic nitrogens is 6. The van der Waals surface area contributed by atoms with Crippen LogP contribution in [0.25, 0.3) is 22.2 Å². The average molecular weight is 667 g/mol. The predicted molar refractivity (Wildman–Crippen MR) is 144 cm³/mol. The van der Waals surface area contributed by atoms with E-state index in [1.54, 1.807) is 18.6 Å². The largest absolute Gasteiger partial charge is 0.490 e. The van der Waals surface area contributed by atoms with E-state index in [2.05, 4.69) is 31.8 Å². The van der Waals surface area contributed by atoms with Crippen LogP contribution >= 0.6 is 23.4 Å². The minimum atomic E-state index is -5.08. The third-order valence-electron chi connectivity index (χ3n) is 6.53. The first-order valence-electron chi connectivity index (χ1n) is 12.4. The number of rotatable bonds is 4. The molecule has 0 amide bonds. The van der Waals surface area contributed by atoms with E-state index in [0.717, 1.165) is 52.5 Å². The zero-order valence-electron chi connectivity index (χ0n) is 22.2.